The number of aromatic nitrogens is 4. The maximum absolute atomic E-state index is 13.7. The minimum Gasteiger partial charge on any atom is -0.347 e. The van der Waals surface area contributed by atoms with Crippen molar-refractivity contribution in [1.82, 2.24) is 19.5 Å². The zero-order valence-electron chi connectivity index (χ0n) is 24.8. The lowest BCUT2D eigenvalue weighted by Crippen LogP contribution is -2.33. The second kappa shape index (κ2) is 11.0. The first kappa shape index (κ1) is 30.0. The lowest BCUT2D eigenvalue weighted by molar-refractivity contribution is -0.199. The summed E-state index contributed by atoms with van der Waals surface area (Å²) in [6, 6.07) is 9.96. The van der Waals surface area contributed by atoms with Crippen LogP contribution in [-0.2, 0) is 32.3 Å². The first-order valence-electron chi connectivity index (χ1n) is 13.7. The number of hydrogen-bond donors (Lipinski definition) is 0. The third kappa shape index (κ3) is 7.11. The molecular formula is C29H39N4O7P. The molecule has 2 aliphatic heterocycles. The molecule has 0 spiro atoms. The number of hydrogen-bond acceptors (Lipinski definition) is 10. The molecule has 0 radical (unpaired) electrons. The highest BCUT2D eigenvalue weighted by Crippen LogP contribution is 2.56. The Morgan fingerprint density at radius 2 is 1.61 bits per heavy atom. The first-order chi connectivity index (χ1) is 19.1. The summed E-state index contributed by atoms with van der Waals surface area (Å²) in [7, 11) is -3.97. The average molecular weight is 587 g/mol. The predicted octanol–water partition coefficient (Wildman–Crippen LogP) is 6.17. The number of benzene rings is 1. The molecule has 0 aliphatic carbocycles. The van der Waals surface area contributed by atoms with Crippen LogP contribution in [0.2, 0.25) is 0 Å². The van der Waals surface area contributed by atoms with Gasteiger partial charge in [0.15, 0.2) is 17.7 Å². The van der Waals surface area contributed by atoms with E-state index in [1.165, 1.54) is 6.33 Å². The normalized spacial score (nSPS) is 24.9. The van der Waals surface area contributed by atoms with Crippen molar-refractivity contribution in [1.29, 1.82) is 0 Å². The Labute approximate surface area is 240 Å². The molecule has 1 aromatic carbocycles. The molecule has 0 amide bonds. The van der Waals surface area contributed by atoms with Gasteiger partial charge in [-0.05, 0) is 67.0 Å². The molecule has 0 bridgehead atoms. The van der Waals surface area contributed by atoms with Crippen LogP contribution in [0.5, 0.6) is 0 Å². The Morgan fingerprint density at radius 1 is 0.951 bits per heavy atom. The number of phosphoric ester groups is 1. The Bertz CT molecular complexity index is 1420. The minimum absolute atomic E-state index is 0.104. The molecule has 4 heterocycles. The minimum atomic E-state index is -3.97. The summed E-state index contributed by atoms with van der Waals surface area (Å²) in [6.07, 6.45) is 4.77. The monoisotopic (exact) mass is 586 g/mol. The third-order valence-electron chi connectivity index (χ3n) is 6.19. The topological polar surface area (TPSA) is 116 Å². The van der Waals surface area contributed by atoms with Gasteiger partial charge in [-0.1, -0.05) is 36.4 Å². The van der Waals surface area contributed by atoms with Crippen molar-refractivity contribution in [2.24, 2.45) is 0 Å². The quantitative estimate of drug-likeness (QED) is 0.284. The van der Waals surface area contributed by atoms with Crippen LogP contribution in [0.3, 0.4) is 0 Å². The lowest BCUT2D eigenvalue weighted by Gasteiger charge is -2.32. The second-order valence-corrected chi connectivity index (χ2v) is 14.1. The van der Waals surface area contributed by atoms with E-state index < -0.39 is 49.4 Å². The van der Waals surface area contributed by atoms with Gasteiger partial charge in [0.1, 0.15) is 30.2 Å². The summed E-state index contributed by atoms with van der Waals surface area (Å²) < 4.78 is 51.9. The molecule has 0 N–H and O–H groups in total. The van der Waals surface area contributed by atoms with E-state index in [4.69, 9.17) is 27.8 Å². The Kier molecular flexibility index (Phi) is 8.02. The maximum atomic E-state index is 13.7. The summed E-state index contributed by atoms with van der Waals surface area (Å²) in [5.41, 5.74) is 1.41. The Hall–Kier alpha value is -2.50. The van der Waals surface area contributed by atoms with Crippen LogP contribution < -0.4 is 0 Å². The summed E-state index contributed by atoms with van der Waals surface area (Å²) in [4.78, 5) is 13.5. The average Bonchev–Trinajstić information content (AvgIpc) is 3.50. The molecular weight excluding hydrogens is 547 g/mol. The van der Waals surface area contributed by atoms with Crippen LogP contribution in [0.25, 0.3) is 23.3 Å². The summed E-state index contributed by atoms with van der Waals surface area (Å²) in [6.45, 7) is 14.3. The number of phosphoric acid groups is 1. The van der Waals surface area contributed by atoms with Crippen LogP contribution in [0.1, 0.15) is 72.9 Å². The van der Waals surface area contributed by atoms with Gasteiger partial charge in [-0.3, -0.25) is 18.1 Å². The fraction of sp³-hybridized carbons (Fsp3) is 0.552. The molecule has 0 saturated carbocycles. The Balaban J connectivity index is 1.41. The number of nitrogens with zero attached hydrogens (tertiary/aromatic N) is 4. The molecule has 3 aromatic rings. The van der Waals surface area contributed by atoms with E-state index in [1.807, 2.05) is 60.9 Å². The fourth-order valence-electron chi connectivity index (χ4n) is 4.84. The number of ether oxygens (including phenoxy) is 3. The molecule has 5 rings (SSSR count). The lowest BCUT2D eigenvalue weighted by atomic mass is 10.1. The van der Waals surface area contributed by atoms with E-state index in [1.54, 1.807) is 47.9 Å². The van der Waals surface area contributed by atoms with Crippen molar-refractivity contribution in [2.75, 3.05) is 6.61 Å². The number of fused-ring (bicyclic) bond motifs is 2. The molecule has 41 heavy (non-hydrogen) atoms. The molecule has 2 saturated heterocycles. The van der Waals surface area contributed by atoms with Gasteiger partial charge in [0, 0.05) is 0 Å². The first-order valence-corrected chi connectivity index (χ1v) is 15.2. The third-order valence-corrected chi connectivity index (χ3v) is 8.20. The molecule has 2 aliphatic rings. The van der Waals surface area contributed by atoms with Crippen molar-refractivity contribution in [3.63, 3.8) is 0 Å². The van der Waals surface area contributed by atoms with Crippen LogP contribution >= 0.6 is 7.82 Å². The van der Waals surface area contributed by atoms with Crippen molar-refractivity contribution in [3.05, 3.63) is 54.2 Å². The van der Waals surface area contributed by atoms with Gasteiger partial charge in [0.05, 0.1) is 29.8 Å². The van der Waals surface area contributed by atoms with E-state index in [0.29, 0.717) is 16.9 Å². The highest BCUT2D eigenvalue weighted by molar-refractivity contribution is 7.48. The zero-order chi connectivity index (χ0) is 29.6. The van der Waals surface area contributed by atoms with Crippen LogP contribution in [-0.4, -0.2) is 61.4 Å². The molecule has 2 fully saturated rings. The van der Waals surface area contributed by atoms with E-state index in [9.17, 15) is 4.57 Å². The van der Waals surface area contributed by atoms with Gasteiger partial charge in [0.25, 0.3) is 0 Å². The van der Waals surface area contributed by atoms with Crippen molar-refractivity contribution in [2.45, 2.75) is 96.9 Å². The highest BCUT2D eigenvalue weighted by atomic mass is 31.2. The SMILES string of the molecule is CC(C)(C)OP(=O)(OC[C@H]1O[C@@H](n2cnc3c(C=Cc4ccccc4)ncnc32)[C@@H]2OC(C)(C)O[C@@H]21)OC(C)(C)C. The van der Waals surface area contributed by atoms with Crippen molar-refractivity contribution in [3.8, 4) is 0 Å². The number of rotatable bonds is 8. The standard InChI is InChI=1S/C29H39N4O7P/c1-27(2,3)39-41(34,40-28(4,5)6)35-16-21-23-24(38-29(7,8)37-23)26(36-21)33-18-32-22-20(30-17-31-25(22)33)15-14-19-12-10-9-11-13-19/h9-15,17-18,21,23-24,26H,16H2,1-8H3/t21-,23-,24-,26-/m1/s1. The molecule has 4 atom stereocenters. The summed E-state index contributed by atoms with van der Waals surface area (Å²) in [5.74, 6) is -0.863. The summed E-state index contributed by atoms with van der Waals surface area (Å²) in [5, 5.41) is 0. The maximum Gasteiger partial charge on any atom is 0.475 e. The van der Waals surface area contributed by atoms with Gasteiger partial charge < -0.3 is 14.2 Å². The molecule has 12 heteroatoms. The molecule has 222 valence electrons. The Morgan fingerprint density at radius 3 is 2.27 bits per heavy atom. The van der Waals surface area contributed by atoms with Gasteiger partial charge in [0.2, 0.25) is 0 Å². The second-order valence-electron chi connectivity index (χ2n) is 12.6. The van der Waals surface area contributed by atoms with Crippen LogP contribution in [0, 0.1) is 0 Å². The largest absolute Gasteiger partial charge is 0.475 e. The van der Waals surface area contributed by atoms with Crippen molar-refractivity contribution >= 4 is 31.1 Å². The highest BCUT2D eigenvalue weighted by Gasteiger charge is 2.57. The van der Waals surface area contributed by atoms with Gasteiger partial charge in [-0.15, -0.1) is 0 Å². The van der Waals surface area contributed by atoms with Gasteiger partial charge in [-0.25, -0.2) is 19.5 Å². The van der Waals surface area contributed by atoms with E-state index in [2.05, 4.69) is 15.0 Å². The van der Waals surface area contributed by atoms with Gasteiger partial charge in [-0.2, -0.15) is 0 Å². The number of imidazole rings is 1. The van der Waals surface area contributed by atoms with Crippen LogP contribution in [0.4, 0.5) is 0 Å². The predicted molar refractivity (Wildman–Crippen MR) is 154 cm³/mol. The van der Waals surface area contributed by atoms with Crippen LogP contribution in [0.15, 0.2) is 43.0 Å². The zero-order valence-corrected chi connectivity index (χ0v) is 25.7. The summed E-state index contributed by atoms with van der Waals surface area (Å²) >= 11 is 0. The van der Waals surface area contributed by atoms with E-state index in [0.717, 1.165) is 5.56 Å². The smallest absolute Gasteiger partial charge is 0.347 e. The molecule has 11 nitrogen and oxygen atoms in total. The van der Waals surface area contributed by atoms with Crippen molar-refractivity contribution < 1.29 is 32.3 Å². The van der Waals surface area contributed by atoms with E-state index in [-0.39, 0.29) is 6.61 Å². The molecule has 2 aromatic heterocycles. The van der Waals surface area contributed by atoms with Gasteiger partial charge >= 0.3 is 7.82 Å². The molecule has 0 unspecified atom stereocenters. The van der Waals surface area contributed by atoms with E-state index >= 15 is 0 Å². The fourth-order valence-corrected chi connectivity index (χ4v) is 6.66.